The van der Waals surface area contributed by atoms with E-state index in [0.717, 1.165) is 16.7 Å². The van der Waals surface area contributed by atoms with Crippen molar-refractivity contribution in [3.05, 3.63) is 53.8 Å². The number of hydrogen-bond donors (Lipinski definition) is 1. The third kappa shape index (κ3) is 4.08. The van der Waals surface area contributed by atoms with Crippen molar-refractivity contribution in [2.75, 3.05) is 10.6 Å². The number of anilines is 2. The van der Waals surface area contributed by atoms with E-state index in [2.05, 4.69) is 4.98 Å². The van der Waals surface area contributed by atoms with Crippen LogP contribution in [0, 0.1) is 22.7 Å². The Balaban J connectivity index is 1.66. The van der Waals surface area contributed by atoms with Gasteiger partial charge in [-0.05, 0) is 36.4 Å². The average Bonchev–Trinajstić information content (AvgIpc) is 3.42. The Morgan fingerprint density at radius 1 is 1.21 bits per heavy atom. The molecule has 0 aliphatic carbocycles. The van der Waals surface area contributed by atoms with Crippen LogP contribution in [-0.2, 0) is 14.4 Å². The molecule has 1 aromatic carbocycles. The highest BCUT2D eigenvalue weighted by molar-refractivity contribution is 8.00. The van der Waals surface area contributed by atoms with Crippen molar-refractivity contribution in [1.29, 1.82) is 10.5 Å². The number of imide groups is 1. The van der Waals surface area contributed by atoms with Crippen LogP contribution in [0.2, 0.25) is 0 Å². The first kappa shape index (κ1) is 22.6. The Bertz CT molecular complexity index is 1390. The standard InChI is InChI=1S/C23H15N5O5S/c1-12(29)33-14-6-4-13(5-7-14)28-19(30)9-18(23(28)31)34-22-16(11-25)20(17-3-2-8-32-17)15(10-24)21(26)27-22/h2-8,18H,9H2,1H3,(H2,26,27). The third-order valence-electron chi connectivity index (χ3n) is 4.90. The fourth-order valence-corrected chi connectivity index (χ4v) is 4.60. The summed E-state index contributed by atoms with van der Waals surface area (Å²) >= 11 is 0.923. The van der Waals surface area contributed by atoms with Crippen LogP contribution < -0.4 is 15.4 Å². The Kier molecular flexibility index (Phi) is 6.04. The van der Waals surface area contributed by atoms with Crippen molar-refractivity contribution in [3.8, 4) is 29.2 Å². The number of amides is 2. The molecule has 10 nitrogen and oxygen atoms in total. The normalized spacial score (nSPS) is 15.1. The Morgan fingerprint density at radius 3 is 2.50 bits per heavy atom. The van der Waals surface area contributed by atoms with Crippen LogP contribution >= 0.6 is 11.8 Å². The first-order valence-corrected chi connectivity index (χ1v) is 10.7. The highest BCUT2D eigenvalue weighted by Gasteiger charge is 2.41. The van der Waals surface area contributed by atoms with Gasteiger partial charge in [0.15, 0.2) is 0 Å². The molecule has 1 atom stereocenters. The summed E-state index contributed by atoms with van der Waals surface area (Å²) in [6, 6.07) is 13.1. The molecule has 1 aliphatic rings. The first-order valence-electron chi connectivity index (χ1n) is 9.83. The number of nitrogens with zero attached hydrogens (tertiary/aromatic N) is 4. The minimum absolute atomic E-state index is 0.0147. The summed E-state index contributed by atoms with van der Waals surface area (Å²) in [6.45, 7) is 1.26. The number of nitrogens with two attached hydrogens (primary N) is 1. The van der Waals surface area contributed by atoms with Crippen LogP contribution in [0.15, 0.2) is 52.1 Å². The van der Waals surface area contributed by atoms with Crippen LogP contribution in [0.5, 0.6) is 5.75 Å². The lowest BCUT2D eigenvalue weighted by molar-refractivity contribution is -0.132. The molecule has 1 saturated heterocycles. The zero-order valence-corrected chi connectivity index (χ0v) is 18.5. The molecule has 0 saturated carbocycles. The number of benzene rings is 1. The minimum Gasteiger partial charge on any atom is -0.464 e. The van der Waals surface area contributed by atoms with Gasteiger partial charge < -0.3 is 14.9 Å². The summed E-state index contributed by atoms with van der Waals surface area (Å²) in [6.07, 6.45) is 1.27. The second-order valence-electron chi connectivity index (χ2n) is 7.09. The maximum Gasteiger partial charge on any atom is 0.308 e. The average molecular weight is 473 g/mol. The van der Waals surface area contributed by atoms with Crippen LogP contribution in [0.25, 0.3) is 11.3 Å². The molecule has 0 bridgehead atoms. The van der Waals surface area contributed by atoms with E-state index in [1.54, 1.807) is 12.1 Å². The number of nitriles is 2. The fraction of sp³-hybridized carbons (Fsp3) is 0.130. The maximum atomic E-state index is 13.1. The molecule has 0 spiro atoms. The fourth-order valence-electron chi connectivity index (χ4n) is 3.48. The third-order valence-corrected chi connectivity index (χ3v) is 6.07. The van der Waals surface area contributed by atoms with E-state index >= 15 is 0 Å². The Hall–Kier alpha value is -4.61. The summed E-state index contributed by atoms with van der Waals surface area (Å²) in [4.78, 5) is 42.0. The van der Waals surface area contributed by atoms with Crippen LogP contribution in [0.1, 0.15) is 24.5 Å². The van der Waals surface area contributed by atoms with Crippen molar-refractivity contribution < 1.29 is 23.5 Å². The van der Waals surface area contributed by atoms with E-state index in [1.807, 2.05) is 12.1 Å². The highest BCUT2D eigenvalue weighted by atomic mass is 32.2. The van der Waals surface area contributed by atoms with E-state index in [0.29, 0.717) is 5.69 Å². The Labute approximate surface area is 197 Å². The van der Waals surface area contributed by atoms with Gasteiger partial charge in [-0.15, -0.1) is 0 Å². The summed E-state index contributed by atoms with van der Waals surface area (Å²) in [5.41, 5.74) is 6.48. The number of carbonyl (C=O) groups excluding carboxylic acids is 3. The van der Waals surface area contributed by atoms with Gasteiger partial charge in [-0.2, -0.15) is 10.5 Å². The van der Waals surface area contributed by atoms with Gasteiger partial charge in [0.1, 0.15) is 40.1 Å². The number of aromatic nitrogens is 1. The molecule has 2 amide bonds. The summed E-state index contributed by atoms with van der Waals surface area (Å²) in [5.74, 6) is -1.01. The molecule has 2 aromatic heterocycles. The number of thioether (sulfide) groups is 1. The number of pyridine rings is 1. The number of carbonyl (C=O) groups is 3. The second-order valence-corrected chi connectivity index (χ2v) is 8.29. The van der Waals surface area contributed by atoms with Crippen LogP contribution in [-0.4, -0.2) is 28.0 Å². The zero-order valence-electron chi connectivity index (χ0n) is 17.6. The predicted octanol–water partition coefficient (Wildman–Crippen LogP) is 3.02. The van der Waals surface area contributed by atoms with Crippen LogP contribution in [0.4, 0.5) is 11.5 Å². The smallest absolute Gasteiger partial charge is 0.308 e. The van der Waals surface area contributed by atoms with Crippen LogP contribution in [0.3, 0.4) is 0 Å². The quantitative estimate of drug-likeness (QED) is 0.331. The van der Waals surface area contributed by atoms with Crippen molar-refractivity contribution in [2.24, 2.45) is 0 Å². The van der Waals surface area contributed by atoms with Gasteiger partial charge in [0.2, 0.25) is 11.8 Å². The SMILES string of the molecule is CC(=O)Oc1ccc(N2C(=O)CC(Sc3nc(N)c(C#N)c(-c4ccco4)c3C#N)C2=O)cc1. The summed E-state index contributed by atoms with van der Waals surface area (Å²) < 4.78 is 10.3. The first-order chi connectivity index (χ1) is 16.3. The molecule has 4 rings (SSSR count). The van der Waals surface area contributed by atoms with Gasteiger partial charge >= 0.3 is 5.97 Å². The number of esters is 1. The second kappa shape index (κ2) is 9.10. The number of furan rings is 1. The van der Waals surface area contributed by atoms with Gasteiger partial charge in [-0.1, -0.05) is 11.8 Å². The zero-order chi connectivity index (χ0) is 24.4. The largest absolute Gasteiger partial charge is 0.464 e. The molecule has 1 aliphatic heterocycles. The molecule has 168 valence electrons. The molecule has 2 N–H and O–H groups in total. The topological polar surface area (TPSA) is 163 Å². The number of hydrogen-bond acceptors (Lipinski definition) is 10. The molecule has 11 heteroatoms. The molecular weight excluding hydrogens is 458 g/mol. The van der Waals surface area contributed by atoms with E-state index in [9.17, 15) is 24.9 Å². The summed E-state index contributed by atoms with van der Waals surface area (Å²) in [7, 11) is 0. The maximum absolute atomic E-state index is 13.1. The minimum atomic E-state index is -0.864. The van der Waals surface area contributed by atoms with Crippen molar-refractivity contribution in [3.63, 3.8) is 0 Å². The summed E-state index contributed by atoms with van der Waals surface area (Å²) in [5, 5.41) is 18.6. The van der Waals surface area contributed by atoms with E-state index in [1.165, 1.54) is 37.5 Å². The van der Waals surface area contributed by atoms with E-state index in [4.69, 9.17) is 14.9 Å². The van der Waals surface area contributed by atoms with Crippen molar-refractivity contribution in [2.45, 2.75) is 23.6 Å². The monoisotopic (exact) mass is 473 g/mol. The van der Waals surface area contributed by atoms with Gasteiger partial charge in [0.05, 0.1) is 28.3 Å². The lowest BCUT2D eigenvalue weighted by Crippen LogP contribution is -2.31. The lowest BCUT2D eigenvalue weighted by atomic mass is 10.0. The molecule has 3 aromatic rings. The predicted molar refractivity (Wildman–Crippen MR) is 120 cm³/mol. The molecule has 1 unspecified atom stereocenters. The molecule has 34 heavy (non-hydrogen) atoms. The number of nitrogen functional groups attached to an aromatic ring is 1. The van der Waals surface area contributed by atoms with Gasteiger partial charge in [0.25, 0.3) is 0 Å². The molecular formula is C23H15N5O5S. The van der Waals surface area contributed by atoms with Crippen molar-refractivity contribution >= 4 is 41.1 Å². The van der Waals surface area contributed by atoms with Crippen molar-refractivity contribution in [1.82, 2.24) is 4.98 Å². The molecule has 0 radical (unpaired) electrons. The molecule has 1 fully saturated rings. The number of ether oxygens (including phenoxy) is 1. The van der Waals surface area contributed by atoms with E-state index < -0.39 is 23.0 Å². The Morgan fingerprint density at radius 2 is 1.91 bits per heavy atom. The van der Waals surface area contributed by atoms with Gasteiger partial charge in [0, 0.05) is 13.3 Å². The highest BCUT2D eigenvalue weighted by Crippen LogP contribution is 2.40. The number of rotatable bonds is 5. The van der Waals surface area contributed by atoms with E-state index in [-0.39, 0.29) is 45.5 Å². The molecule has 3 heterocycles. The van der Waals surface area contributed by atoms with Gasteiger partial charge in [-0.3, -0.25) is 14.4 Å². The van der Waals surface area contributed by atoms with Gasteiger partial charge in [-0.25, -0.2) is 9.88 Å². The lowest BCUT2D eigenvalue weighted by Gasteiger charge is -2.16.